The van der Waals surface area contributed by atoms with Crippen LogP contribution in [0.25, 0.3) is 0 Å². The number of carbonyl (C=O) groups is 1. The summed E-state index contributed by atoms with van der Waals surface area (Å²) in [6.45, 7) is 2.15. The molecule has 2 nitrogen and oxygen atoms in total. The number of hydrogen-bond acceptors (Lipinski definition) is 2. The molecule has 110 valence electrons. The van der Waals surface area contributed by atoms with Gasteiger partial charge in [0.2, 0.25) is 0 Å². The molecular formula is C16H13F3O2. The molecule has 0 atom stereocenters. The van der Waals surface area contributed by atoms with Gasteiger partial charge in [-0.15, -0.1) is 0 Å². The lowest BCUT2D eigenvalue weighted by molar-refractivity contribution is -0.0885. The van der Waals surface area contributed by atoms with E-state index in [-0.39, 0.29) is 12.4 Å². The van der Waals surface area contributed by atoms with E-state index in [1.165, 1.54) is 12.1 Å². The highest BCUT2D eigenvalue weighted by atomic mass is 19.4. The van der Waals surface area contributed by atoms with E-state index in [0.717, 1.165) is 23.3 Å². The maximum absolute atomic E-state index is 12.4. The Bertz CT molecular complexity index is 648. The molecule has 5 heteroatoms. The second-order valence-electron chi connectivity index (χ2n) is 4.57. The average molecular weight is 294 g/mol. The molecule has 2 aromatic rings. The van der Waals surface area contributed by atoms with E-state index >= 15 is 0 Å². The van der Waals surface area contributed by atoms with Crippen LogP contribution >= 0.6 is 0 Å². The van der Waals surface area contributed by atoms with Gasteiger partial charge >= 0.3 is 6.18 Å². The Balaban J connectivity index is 2.12. The van der Waals surface area contributed by atoms with Gasteiger partial charge in [0, 0.05) is 5.56 Å². The third-order valence-electron chi connectivity index (χ3n) is 3.01. The molecule has 0 unspecified atom stereocenters. The average Bonchev–Trinajstić information content (AvgIpc) is 2.45. The number of hydrogen-bond donors (Lipinski definition) is 0. The van der Waals surface area contributed by atoms with Gasteiger partial charge in [0.1, 0.15) is 12.4 Å². The molecule has 0 aromatic heterocycles. The summed E-state index contributed by atoms with van der Waals surface area (Å²) in [7, 11) is 0. The van der Waals surface area contributed by atoms with E-state index < -0.39 is 17.5 Å². The van der Waals surface area contributed by atoms with Gasteiger partial charge in [-0.3, -0.25) is 4.79 Å². The predicted octanol–water partition coefficient (Wildman–Crippen LogP) is 4.32. The largest absolute Gasteiger partial charge is 0.489 e. The minimum atomic E-state index is -4.88. The molecule has 0 aliphatic carbocycles. The highest BCUT2D eigenvalue weighted by Gasteiger charge is 2.39. The molecule has 0 saturated carbocycles. The van der Waals surface area contributed by atoms with Crippen molar-refractivity contribution in [2.24, 2.45) is 0 Å². The Hall–Kier alpha value is -2.30. The summed E-state index contributed by atoms with van der Waals surface area (Å²) in [5, 5.41) is 0. The lowest BCUT2D eigenvalue weighted by atomic mass is 10.1. The van der Waals surface area contributed by atoms with E-state index in [1.54, 1.807) is 0 Å². The third-order valence-corrected chi connectivity index (χ3v) is 3.01. The first-order chi connectivity index (χ1) is 9.88. The van der Waals surface area contributed by atoms with Crippen molar-refractivity contribution in [3.8, 4) is 5.75 Å². The summed E-state index contributed by atoms with van der Waals surface area (Å²) in [5.41, 5.74) is 1.54. The molecule has 2 rings (SSSR count). The summed E-state index contributed by atoms with van der Waals surface area (Å²) >= 11 is 0. The smallest absolute Gasteiger partial charge is 0.454 e. The number of ether oxygens (including phenoxy) is 1. The Kier molecular flexibility index (Phi) is 4.31. The lowest BCUT2D eigenvalue weighted by Gasteiger charge is -2.10. The normalized spacial score (nSPS) is 11.2. The van der Waals surface area contributed by atoms with E-state index in [1.807, 2.05) is 31.2 Å². The van der Waals surface area contributed by atoms with E-state index in [0.29, 0.717) is 0 Å². The van der Waals surface area contributed by atoms with Crippen LogP contribution in [0.5, 0.6) is 5.75 Å². The second-order valence-corrected chi connectivity index (χ2v) is 4.57. The van der Waals surface area contributed by atoms with Gasteiger partial charge in [-0.2, -0.15) is 13.2 Å². The Labute approximate surface area is 120 Å². The van der Waals surface area contributed by atoms with Crippen LogP contribution in [0.15, 0.2) is 48.5 Å². The molecule has 0 N–H and O–H groups in total. The molecule has 0 heterocycles. The highest BCUT2D eigenvalue weighted by molar-refractivity contribution is 6.00. The Morgan fingerprint density at radius 2 is 1.81 bits per heavy atom. The van der Waals surface area contributed by atoms with Crippen LogP contribution in [0.1, 0.15) is 21.5 Å². The van der Waals surface area contributed by atoms with Crippen LogP contribution < -0.4 is 4.74 Å². The second kappa shape index (κ2) is 5.99. The summed E-state index contributed by atoms with van der Waals surface area (Å²) in [5.74, 6) is -1.64. The van der Waals surface area contributed by atoms with Gasteiger partial charge in [0.25, 0.3) is 5.78 Å². The van der Waals surface area contributed by atoms with Gasteiger partial charge in [-0.1, -0.05) is 36.4 Å². The van der Waals surface area contributed by atoms with Crippen molar-refractivity contribution in [1.82, 2.24) is 0 Å². The SMILES string of the molecule is Cc1ccccc1COc1cccc(C(=O)C(F)(F)F)c1. The molecule has 0 amide bonds. The Morgan fingerprint density at radius 3 is 2.48 bits per heavy atom. The van der Waals surface area contributed by atoms with Crippen molar-refractivity contribution in [2.45, 2.75) is 19.7 Å². The minimum absolute atomic E-state index is 0.230. The molecule has 0 saturated heterocycles. The fourth-order valence-electron chi connectivity index (χ4n) is 1.82. The molecule has 0 bridgehead atoms. The van der Waals surface area contributed by atoms with Crippen LogP contribution in [-0.4, -0.2) is 12.0 Å². The zero-order valence-electron chi connectivity index (χ0n) is 11.3. The molecule has 2 aromatic carbocycles. The quantitative estimate of drug-likeness (QED) is 0.785. The van der Waals surface area contributed by atoms with Crippen LogP contribution in [0.4, 0.5) is 13.2 Å². The van der Waals surface area contributed by atoms with E-state index in [9.17, 15) is 18.0 Å². The van der Waals surface area contributed by atoms with Crippen LogP contribution in [0.3, 0.4) is 0 Å². The van der Waals surface area contributed by atoms with Gasteiger partial charge in [-0.05, 0) is 30.2 Å². The number of rotatable bonds is 4. The topological polar surface area (TPSA) is 26.3 Å². The molecule has 0 spiro atoms. The maximum atomic E-state index is 12.4. The summed E-state index contributed by atoms with van der Waals surface area (Å²) in [6.07, 6.45) is -4.88. The van der Waals surface area contributed by atoms with Crippen molar-refractivity contribution in [2.75, 3.05) is 0 Å². The van der Waals surface area contributed by atoms with E-state index in [2.05, 4.69) is 0 Å². The number of ketones is 1. The number of carbonyl (C=O) groups excluding carboxylic acids is 1. The molecule has 21 heavy (non-hydrogen) atoms. The van der Waals surface area contributed by atoms with Crippen LogP contribution in [0.2, 0.25) is 0 Å². The predicted molar refractivity (Wildman–Crippen MR) is 72.3 cm³/mol. The Morgan fingerprint density at radius 1 is 1.10 bits per heavy atom. The van der Waals surface area contributed by atoms with Crippen LogP contribution in [-0.2, 0) is 6.61 Å². The van der Waals surface area contributed by atoms with Gasteiger partial charge < -0.3 is 4.74 Å². The zero-order chi connectivity index (χ0) is 15.5. The lowest BCUT2D eigenvalue weighted by Crippen LogP contribution is -2.22. The number of alkyl halides is 3. The fourth-order valence-corrected chi connectivity index (χ4v) is 1.82. The van der Waals surface area contributed by atoms with Crippen molar-refractivity contribution in [3.05, 3.63) is 65.2 Å². The number of benzene rings is 2. The molecule has 0 aliphatic heterocycles. The monoisotopic (exact) mass is 294 g/mol. The molecule has 0 fully saturated rings. The standard InChI is InChI=1S/C16H13F3O2/c1-11-5-2-3-6-13(11)10-21-14-8-4-7-12(9-14)15(20)16(17,18)19/h2-9H,10H2,1H3. The van der Waals surface area contributed by atoms with Gasteiger partial charge in [0.15, 0.2) is 0 Å². The number of halogens is 3. The number of Topliss-reactive ketones (excluding diaryl/α,β-unsaturated/α-hetero) is 1. The van der Waals surface area contributed by atoms with Crippen molar-refractivity contribution in [1.29, 1.82) is 0 Å². The first kappa shape index (κ1) is 15.1. The van der Waals surface area contributed by atoms with Crippen molar-refractivity contribution < 1.29 is 22.7 Å². The zero-order valence-corrected chi connectivity index (χ0v) is 11.3. The van der Waals surface area contributed by atoms with Crippen LogP contribution in [0, 0.1) is 6.92 Å². The highest BCUT2D eigenvalue weighted by Crippen LogP contribution is 2.24. The summed E-state index contributed by atoms with van der Waals surface area (Å²) in [4.78, 5) is 11.2. The van der Waals surface area contributed by atoms with Gasteiger partial charge in [-0.25, -0.2) is 0 Å². The summed E-state index contributed by atoms with van der Waals surface area (Å²) < 4.78 is 42.6. The van der Waals surface area contributed by atoms with E-state index in [4.69, 9.17) is 4.74 Å². The first-order valence-corrected chi connectivity index (χ1v) is 6.27. The van der Waals surface area contributed by atoms with Crippen molar-refractivity contribution >= 4 is 5.78 Å². The fraction of sp³-hybridized carbons (Fsp3) is 0.188. The number of aryl methyl sites for hydroxylation is 1. The molecule has 0 aliphatic rings. The van der Waals surface area contributed by atoms with Gasteiger partial charge in [0.05, 0.1) is 0 Å². The third kappa shape index (κ3) is 3.84. The first-order valence-electron chi connectivity index (χ1n) is 6.27. The summed E-state index contributed by atoms with van der Waals surface area (Å²) in [6, 6.07) is 12.7. The molecular weight excluding hydrogens is 281 g/mol. The van der Waals surface area contributed by atoms with Crippen molar-refractivity contribution in [3.63, 3.8) is 0 Å². The minimum Gasteiger partial charge on any atom is -0.489 e. The molecule has 0 radical (unpaired) electrons. The maximum Gasteiger partial charge on any atom is 0.454 e.